The first kappa shape index (κ1) is 17.3. The molecule has 24 heavy (non-hydrogen) atoms. The average Bonchev–Trinajstić information content (AvgIpc) is 2.60. The van der Waals surface area contributed by atoms with E-state index in [1.165, 1.54) is 14.2 Å². The third kappa shape index (κ3) is 3.84. The maximum Gasteiger partial charge on any atom is 0.310 e. The van der Waals surface area contributed by atoms with Crippen molar-refractivity contribution in [2.75, 3.05) is 19.5 Å². The van der Waals surface area contributed by atoms with Crippen molar-refractivity contribution in [3.63, 3.8) is 0 Å². The number of hydrogen-bond donors (Lipinski definition) is 2. The normalized spacial score (nSPS) is 11.5. The lowest BCUT2D eigenvalue weighted by molar-refractivity contribution is -0.138. The van der Waals surface area contributed by atoms with Gasteiger partial charge in [-0.25, -0.2) is 0 Å². The molecule has 0 bridgehead atoms. The smallest absolute Gasteiger partial charge is 0.310 e. The molecule has 6 heteroatoms. The summed E-state index contributed by atoms with van der Waals surface area (Å²) in [5.41, 5.74) is 1.68. The Hall–Kier alpha value is -3.02. The van der Waals surface area contributed by atoms with E-state index in [1.54, 1.807) is 49.4 Å². The summed E-state index contributed by atoms with van der Waals surface area (Å²) < 4.78 is 10.3. The lowest BCUT2D eigenvalue weighted by Crippen LogP contribution is -2.12. The Bertz CT molecular complexity index is 740. The zero-order chi connectivity index (χ0) is 17.7. The average molecular weight is 329 g/mol. The number of carbonyl (C=O) groups is 2. The van der Waals surface area contributed by atoms with Crippen LogP contribution in [-0.2, 0) is 4.79 Å². The van der Waals surface area contributed by atoms with Crippen LogP contribution in [0.3, 0.4) is 0 Å². The molecule has 2 aromatic carbocycles. The molecule has 1 amide bonds. The molecule has 0 spiro atoms. The molecule has 0 aliphatic heterocycles. The molecule has 1 atom stereocenters. The first-order valence-corrected chi connectivity index (χ1v) is 7.32. The van der Waals surface area contributed by atoms with Crippen LogP contribution in [0.2, 0.25) is 0 Å². The van der Waals surface area contributed by atoms with Gasteiger partial charge in [-0.2, -0.15) is 0 Å². The predicted octanol–water partition coefficient (Wildman–Crippen LogP) is 3.14. The van der Waals surface area contributed by atoms with E-state index in [1.807, 2.05) is 0 Å². The second-order valence-electron chi connectivity index (χ2n) is 5.21. The van der Waals surface area contributed by atoms with Crippen molar-refractivity contribution in [1.82, 2.24) is 0 Å². The van der Waals surface area contributed by atoms with Crippen LogP contribution in [0, 0.1) is 0 Å². The van der Waals surface area contributed by atoms with Crippen LogP contribution in [-0.4, -0.2) is 31.2 Å². The van der Waals surface area contributed by atoms with Gasteiger partial charge in [0.2, 0.25) is 0 Å². The Kier molecular flexibility index (Phi) is 5.42. The van der Waals surface area contributed by atoms with Gasteiger partial charge in [0.15, 0.2) is 11.5 Å². The molecular formula is C18H19NO5. The fourth-order valence-corrected chi connectivity index (χ4v) is 2.18. The standard InChI is InChI=1S/C18H19NO5/c1-11(18(21)22)12-4-7-14(8-5-12)19-17(20)13-6-9-15(23-2)16(10-13)24-3/h4-11H,1-3H3,(H,19,20)(H,21,22). The summed E-state index contributed by atoms with van der Waals surface area (Å²) in [6.45, 7) is 1.61. The van der Waals surface area contributed by atoms with E-state index in [-0.39, 0.29) is 5.91 Å². The molecule has 2 N–H and O–H groups in total. The Morgan fingerprint density at radius 2 is 1.62 bits per heavy atom. The van der Waals surface area contributed by atoms with Crippen LogP contribution < -0.4 is 14.8 Å². The minimum absolute atomic E-state index is 0.296. The Labute approximate surface area is 140 Å². The first-order valence-electron chi connectivity index (χ1n) is 7.32. The number of rotatable bonds is 6. The number of carboxylic acid groups (broad SMARTS) is 1. The highest BCUT2D eigenvalue weighted by Gasteiger charge is 2.14. The van der Waals surface area contributed by atoms with E-state index in [9.17, 15) is 9.59 Å². The van der Waals surface area contributed by atoms with Gasteiger partial charge in [0.25, 0.3) is 5.91 Å². The molecule has 0 saturated heterocycles. The van der Waals surface area contributed by atoms with Gasteiger partial charge in [0, 0.05) is 11.3 Å². The second kappa shape index (κ2) is 7.50. The van der Waals surface area contributed by atoms with Crippen LogP contribution in [0.4, 0.5) is 5.69 Å². The third-order valence-corrected chi connectivity index (χ3v) is 3.68. The van der Waals surface area contributed by atoms with Gasteiger partial charge in [-0.05, 0) is 42.8 Å². The van der Waals surface area contributed by atoms with E-state index in [4.69, 9.17) is 14.6 Å². The van der Waals surface area contributed by atoms with E-state index < -0.39 is 11.9 Å². The van der Waals surface area contributed by atoms with E-state index in [0.29, 0.717) is 28.3 Å². The van der Waals surface area contributed by atoms with Gasteiger partial charge in [0.1, 0.15) is 0 Å². The number of hydrogen-bond acceptors (Lipinski definition) is 4. The molecule has 0 aromatic heterocycles. The van der Waals surface area contributed by atoms with Crippen LogP contribution >= 0.6 is 0 Å². The largest absolute Gasteiger partial charge is 0.493 e. The van der Waals surface area contributed by atoms with Gasteiger partial charge >= 0.3 is 5.97 Å². The highest BCUT2D eigenvalue weighted by molar-refractivity contribution is 6.04. The maximum atomic E-state index is 12.3. The maximum absolute atomic E-state index is 12.3. The zero-order valence-electron chi connectivity index (χ0n) is 13.7. The number of nitrogens with one attached hydrogen (secondary N) is 1. The van der Waals surface area contributed by atoms with E-state index in [2.05, 4.69) is 5.32 Å². The molecule has 6 nitrogen and oxygen atoms in total. The van der Waals surface area contributed by atoms with Crippen molar-refractivity contribution < 1.29 is 24.2 Å². The number of ether oxygens (including phenoxy) is 2. The Balaban J connectivity index is 2.13. The van der Waals surface area contributed by atoms with Gasteiger partial charge in [-0.15, -0.1) is 0 Å². The van der Waals surface area contributed by atoms with Crippen molar-refractivity contribution in [2.45, 2.75) is 12.8 Å². The molecule has 0 fully saturated rings. The second-order valence-corrected chi connectivity index (χ2v) is 5.21. The molecule has 2 aromatic rings. The Morgan fingerprint density at radius 3 is 2.17 bits per heavy atom. The van der Waals surface area contributed by atoms with Gasteiger partial charge in [0.05, 0.1) is 20.1 Å². The fraction of sp³-hybridized carbons (Fsp3) is 0.222. The molecule has 0 saturated carbocycles. The lowest BCUT2D eigenvalue weighted by atomic mass is 10.0. The van der Waals surface area contributed by atoms with Crippen LogP contribution in [0.1, 0.15) is 28.8 Å². The van der Waals surface area contributed by atoms with Crippen molar-refractivity contribution in [2.24, 2.45) is 0 Å². The molecule has 2 rings (SSSR count). The predicted molar refractivity (Wildman–Crippen MR) is 90.0 cm³/mol. The number of carbonyl (C=O) groups excluding carboxylic acids is 1. The van der Waals surface area contributed by atoms with Crippen molar-refractivity contribution in [3.05, 3.63) is 53.6 Å². The van der Waals surface area contributed by atoms with Crippen molar-refractivity contribution in [3.8, 4) is 11.5 Å². The number of methoxy groups -OCH3 is 2. The Morgan fingerprint density at radius 1 is 1.00 bits per heavy atom. The number of carboxylic acids is 1. The molecule has 0 heterocycles. The monoisotopic (exact) mass is 329 g/mol. The SMILES string of the molecule is COc1ccc(C(=O)Nc2ccc(C(C)C(=O)O)cc2)cc1OC. The van der Waals surface area contributed by atoms with Gasteiger partial charge < -0.3 is 19.9 Å². The van der Waals surface area contributed by atoms with Crippen molar-refractivity contribution in [1.29, 1.82) is 0 Å². The summed E-state index contributed by atoms with van der Waals surface area (Å²) in [7, 11) is 3.03. The van der Waals surface area contributed by atoms with Crippen LogP contribution in [0.15, 0.2) is 42.5 Å². The first-order chi connectivity index (χ1) is 11.5. The summed E-state index contributed by atoms with van der Waals surface area (Å²) >= 11 is 0. The molecule has 0 aliphatic carbocycles. The van der Waals surface area contributed by atoms with E-state index in [0.717, 1.165) is 0 Å². The molecule has 1 unspecified atom stereocenters. The summed E-state index contributed by atoms with van der Waals surface area (Å²) in [4.78, 5) is 23.3. The summed E-state index contributed by atoms with van der Waals surface area (Å²) in [5.74, 6) is -0.774. The van der Waals surface area contributed by atoms with Crippen molar-refractivity contribution >= 4 is 17.6 Å². The number of anilines is 1. The van der Waals surface area contributed by atoms with Gasteiger partial charge in [-0.3, -0.25) is 9.59 Å². The van der Waals surface area contributed by atoms with Crippen LogP contribution in [0.5, 0.6) is 11.5 Å². The summed E-state index contributed by atoms with van der Waals surface area (Å²) in [5, 5.41) is 11.8. The van der Waals surface area contributed by atoms with Crippen LogP contribution in [0.25, 0.3) is 0 Å². The lowest BCUT2D eigenvalue weighted by Gasteiger charge is -2.11. The van der Waals surface area contributed by atoms with E-state index >= 15 is 0 Å². The fourth-order valence-electron chi connectivity index (χ4n) is 2.18. The highest BCUT2D eigenvalue weighted by Crippen LogP contribution is 2.28. The molecule has 126 valence electrons. The number of aliphatic carboxylic acids is 1. The summed E-state index contributed by atoms with van der Waals surface area (Å²) in [6.07, 6.45) is 0. The third-order valence-electron chi connectivity index (χ3n) is 3.68. The summed E-state index contributed by atoms with van der Waals surface area (Å²) in [6, 6.07) is 11.6. The quantitative estimate of drug-likeness (QED) is 0.850. The number of amides is 1. The number of benzene rings is 2. The highest BCUT2D eigenvalue weighted by atomic mass is 16.5. The topological polar surface area (TPSA) is 84.9 Å². The zero-order valence-corrected chi connectivity index (χ0v) is 13.7. The molecular weight excluding hydrogens is 310 g/mol. The molecule has 0 radical (unpaired) electrons. The minimum atomic E-state index is -0.892. The van der Waals surface area contributed by atoms with Gasteiger partial charge in [-0.1, -0.05) is 12.1 Å². The molecule has 0 aliphatic rings. The minimum Gasteiger partial charge on any atom is -0.493 e.